The highest BCUT2D eigenvalue weighted by atomic mass is 35.5. The van der Waals surface area contributed by atoms with Crippen molar-refractivity contribution in [2.45, 2.75) is 6.92 Å². The second-order valence-electron chi connectivity index (χ2n) is 2.71. The van der Waals surface area contributed by atoms with Crippen molar-refractivity contribution in [3.05, 3.63) is 46.8 Å². The first-order valence-corrected chi connectivity index (χ1v) is 4.06. The van der Waals surface area contributed by atoms with Crippen LogP contribution in [0.4, 0.5) is 4.39 Å². The van der Waals surface area contributed by atoms with Gasteiger partial charge in [0.25, 0.3) is 0 Å². The standard InChI is InChI=1S/C10H8ClFO/c1-6(2)10(13)7-4-3-5-8(11)9(7)12/h3-5H,1H2,2H3. The van der Waals surface area contributed by atoms with Crippen LogP contribution in [0.25, 0.3) is 0 Å². The lowest BCUT2D eigenvalue weighted by molar-refractivity contribution is 0.103. The van der Waals surface area contributed by atoms with Crippen molar-refractivity contribution in [1.29, 1.82) is 0 Å². The number of allylic oxidation sites excluding steroid dienone is 1. The van der Waals surface area contributed by atoms with E-state index in [0.717, 1.165) is 0 Å². The van der Waals surface area contributed by atoms with Gasteiger partial charge in [0, 0.05) is 0 Å². The van der Waals surface area contributed by atoms with E-state index in [9.17, 15) is 9.18 Å². The van der Waals surface area contributed by atoms with Gasteiger partial charge in [-0.15, -0.1) is 0 Å². The highest BCUT2D eigenvalue weighted by Gasteiger charge is 2.13. The number of benzene rings is 1. The van der Waals surface area contributed by atoms with E-state index in [1.54, 1.807) is 0 Å². The van der Waals surface area contributed by atoms with Crippen LogP contribution in [0.5, 0.6) is 0 Å². The van der Waals surface area contributed by atoms with Crippen LogP contribution in [0.15, 0.2) is 30.4 Å². The Kier molecular flexibility index (Phi) is 2.83. The number of Topliss-reactive ketones (excluding diaryl/α,β-unsaturated/α-hetero) is 1. The fraction of sp³-hybridized carbons (Fsp3) is 0.100. The summed E-state index contributed by atoms with van der Waals surface area (Å²) in [4.78, 5) is 11.3. The molecule has 0 atom stereocenters. The molecule has 0 fully saturated rings. The molecule has 1 aromatic rings. The lowest BCUT2D eigenvalue weighted by Crippen LogP contribution is -2.02. The van der Waals surface area contributed by atoms with Crippen molar-refractivity contribution in [2.75, 3.05) is 0 Å². The molecular formula is C10H8ClFO. The fourth-order valence-corrected chi connectivity index (χ4v) is 1.08. The molecule has 0 bridgehead atoms. The van der Waals surface area contributed by atoms with E-state index in [1.807, 2.05) is 0 Å². The van der Waals surface area contributed by atoms with Crippen LogP contribution in [-0.4, -0.2) is 5.78 Å². The SMILES string of the molecule is C=C(C)C(=O)c1cccc(Cl)c1F. The van der Waals surface area contributed by atoms with Gasteiger partial charge in [-0.2, -0.15) is 0 Å². The molecule has 0 N–H and O–H groups in total. The Balaban J connectivity index is 3.23. The monoisotopic (exact) mass is 198 g/mol. The van der Waals surface area contributed by atoms with Gasteiger partial charge in [0.2, 0.25) is 0 Å². The van der Waals surface area contributed by atoms with Crippen LogP contribution in [-0.2, 0) is 0 Å². The molecule has 68 valence electrons. The highest BCUT2D eigenvalue weighted by Crippen LogP contribution is 2.19. The number of hydrogen-bond donors (Lipinski definition) is 0. The number of rotatable bonds is 2. The van der Waals surface area contributed by atoms with E-state index in [4.69, 9.17) is 11.6 Å². The van der Waals surface area contributed by atoms with E-state index in [1.165, 1.54) is 25.1 Å². The van der Waals surface area contributed by atoms with E-state index < -0.39 is 11.6 Å². The minimum atomic E-state index is -0.683. The maximum atomic E-state index is 13.2. The Morgan fingerprint density at radius 2 is 2.15 bits per heavy atom. The third kappa shape index (κ3) is 1.95. The molecule has 0 saturated heterocycles. The van der Waals surface area contributed by atoms with E-state index >= 15 is 0 Å². The van der Waals surface area contributed by atoms with E-state index in [2.05, 4.69) is 6.58 Å². The molecule has 0 aromatic heterocycles. The number of ketones is 1. The van der Waals surface area contributed by atoms with Gasteiger partial charge in [-0.25, -0.2) is 4.39 Å². The van der Waals surface area contributed by atoms with Crippen LogP contribution in [0.1, 0.15) is 17.3 Å². The molecule has 0 amide bonds. The highest BCUT2D eigenvalue weighted by molar-refractivity contribution is 6.31. The zero-order valence-corrected chi connectivity index (χ0v) is 7.86. The van der Waals surface area contributed by atoms with Gasteiger partial charge >= 0.3 is 0 Å². The Hall–Kier alpha value is -1.15. The van der Waals surface area contributed by atoms with Crippen molar-refractivity contribution in [3.63, 3.8) is 0 Å². The molecule has 13 heavy (non-hydrogen) atoms. The Morgan fingerprint density at radius 3 is 2.69 bits per heavy atom. The molecule has 0 radical (unpaired) electrons. The van der Waals surface area contributed by atoms with Crippen LogP contribution in [0, 0.1) is 5.82 Å². The second kappa shape index (κ2) is 3.71. The molecule has 0 aliphatic heterocycles. The maximum absolute atomic E-state index is 13.2. The summed E-state index contributed by atoms with van der Waals surface area (Å²) < 4.78 is 13.2. The van der Waals surface area contributed by atoms with Crippen molar-refractivity contribution in [3.8, 4) is 0 Å². The summed E-state index contributed by atoms with van der Waals surface area (Å²) in [7, 11) is 0. The average molecular weight is 199 g/mol. The zero-order chi connectivity index (χ0) is 10.0. The molecule has 1 nitrogen and oxygen atoms in total. The normalized spacial score (nSPS) is 9.77. The van der Waals surface area contributed by atoms with Crippen molar-refractivity contribution in [2.24, 2.45) is 0 Å². The van der Waals surface area contributed by atoms with Crippen molar-refractivity contribution >= 4 is 17.4 Å². The van der Waals surface area contributed by atoms with Crippen LogP contribution in [0.3, 0.4) is 0 Å². The lowest BCUT2D eigenvalue weighted by Gasteiger charge is -2.02. The molecule has 0 heterocycles. The molecule has 0 aliphatic rings. The fourth-order valence-electron chi connectivity index (χ4n) is 0.909. The van der Waals surface area contributed by atoms with Gasteiger partial charge in [-0.05, 0) is 24.6 Å². The topological polar surface area (TPSA) is 17.1 Å². The molecule has 1 aromatic carbocycles. The summed E-state index contributed by atoms with van der Waals surface area (Å²) in [5, 5.41) is -0.0490. The summed E-state index contributed by atoms with van der Waals surface area (Å²) in [6.07, 6.45) is 0. The Labute approximate surface area is 80.8 Å². The first-order valence-electron chi connectivity index (χ1n) is 3.68. The summed E-state index contributed by atoms with van der Waals surface area (Å²) in [6, 6.07) is 4.31. The first kappa shape index (κ1) is 9.93. The number of halogens is 2. The van der Waals surface area contributed by atoms with Crippen LogP contribution < -0.4 is 0 Å². The Morgan fingerprint density at radius 1 is 1.54 bits per heavy atom. The molecule has 0 aliphatic carbocycles. The minimum absolute atomic E-state index is 0.0278. The van der Waals surface area contributed by atoms with Gasteiger partial charge in [0.05, 0.1) is 10.6 Å². The van der Waals surface area contributed by atoms with E-state index in [0.29, 0.717) is 5.57 Å². The van der Waals surface area contributed by atoms with Gasteiger partial charge in [-0.1, -0.05) is 24.2 Å². The summed E-state index contributed by atoms with van der Waals surface area (Å²) >= 11 is 5.51. The minimum Gasteiger partial charge on any atom is -0.289 e. The molecule has 1 rings (SSSR count). The molecule has 0 saturated carbocycles. The molecule has 0 spiro atoms. The third-order valence-corrected chi connectivity index (χ3v) is 1.88. The summed E-state index contributed by atoms with van der Waals surface area (Å²) in [6.45, 7) is 4.97. The van der Waals surface area contributed by atoms with Crippen molar-refractivity contribution < 1.29 is 9.18 Å². The number of carbonyl (C=O) groups is 1. The quantitative estimate of drug-likeness (QED) is 0.527. The molecule has 0 unspecified atom stereocenters. The van der Waals surface area contributed by atoms with Crippen LogP contribution in [0.2, 0.25) is 5.02 Å². The predicted octanol–water partition coefficient (Wildman–Crippen LogP) is 3.24. The summed E-state index contributed by atoms with van der Waals surface area (Å²) in [5.41, 5.74) is 0.265. The molecular weight excluding hydrogens is 191 g/mol. The van der Waals surface area contributed by atoms with Gasteiger partial charge in [-0.3, -0.25) is 4.79 Å². The number of carbonyl (C=O) groups excluding carboxylic acids is 1. The average Bonchev–Trinajstić information content (AvgIpc) is 2.08. The zero-order valence-electron chi connectivity index (χ0n) is 7.10. The smallest absolute Gasteiger partial charge is 0.191 e. The number of hydrogen-bond acceptors (Lipinski definition) is 1. The van der Waals surface area contributed by atoms with Gasteiger partial charge < -0.3 is 0 Å². The lowest BCUT2D eigenvalue weighted by atomic mass is 10.1. The molecule has 3 heteroatoms. The first-order chi connectivity index (χ1) is 6.04. The Bertz CT molecular complexity index is 371. The largest absolute Gasteiger partial charge is 0.289 e. The van der Waals surface area contributed by atoms with Crippen molar-refractivity contribution in [1.82, 2.24) is 0 Å². The van der Waals surface area contributed by atoms with Gasteiger partial charge in [0.1, 0.15) is 0 Å². The summed E-state index contributed by atoms with van der Waals surface area (Å²) in [5.74, 6) is -1.10. The maximum Gasteiger partial charge on any atom is 0.191 e. The third-order valence-electron chi connectivity index (χ3n) is 1.58. The van der Waals surface area contributed by atoms with E-state index in [-0.39, 0.29) is 10.6 Å². The van der Waals surface area contributed by atoms with Crippen LogP contribution >= 0.6 is 11.6 Å². The second-order valence-corrected chi connectivity index (χ2v) is 3.12. The van der Waals surface area contributed by atoms with Gasteiger partial charge in [0.15, 0.2) is 11.6 Å². The predicted molar refractivity (Wildman–Crippen MR) is 50.6 cm³/mol.